The van der Waals surface area contributed by atoms with Crippen LogP contribution in [0.2, 0.25) is 0 Å². The molecule has 20 heavy (non-hydrogen) atoms. The van der Waals surface area contributed by atoms with Gasteiger partial charge in [0.2, 0.25) is 0 Å². The second-order valence-corrected chi connectivity index (χ2v) is 6.29. The lowest BCUT2D eigenvalue weighted by Crippen LogP contribution is -2.10. The van der Waals surface area contributed by atoms with E-state index in [4.69, 9.17) is 4.74 Å². The largest absolute Gasteiger partial charge is 0.462 e. The molecular weight excluding hydrogens is 270 g/mol. The molecule has 2 aromatic heterocycles. The summed E-state index contributed by atoms with van der Waals surface area (Å²) in [4.78, 5) is 13.7. The third-order valence-electron chi connectivity index (χ3n) is 3.86. The molecule has 2 aromatic rings. The maximum Gasteiger partial charge on any atom is 0.341 e. The molecule has 0 aliphatic heterocycles. The van der Waals surface area contributed by atoms with Gasteiger partial charge in [0, 0.05) is 16.3 Å². The second kappa shape index (κ2) is 5.09. The lowest BCUT2D eigenvalue weighted by molar-refractivity contribution is 0.0526. The summed E-state index contributed by atoms with van der Waals surface area (Å²) in [5, 5.41) is 1.04. The van der Waals surface area contributed by atoms with E-state index in [9.17, 15) is 4.79 Å². The lowest BCUT2D eigenvalue weighted by Gasteiger charge is -2.11. The summed E-state index contributed by atoms with van der Waals surface area (Å²) < 4.78 is 7.46. The number of esters is 1. The Morgan fingerprint density at radius 1 is 1.30 bits per heavy atom. The van der Waals surface area contributed by atoms with E-state index in [1.54, 1.807) is 11.3 Å². The molecule has 0 unspecified atom stereocenters. The number of thiophene rings is 1. The van der Waals surface area contributed by atoms with Crippen LogP contribution in [0, 0.1) is 13.8 Å². The molecule has 0 aromatic carbocycles. The van der Waals surface area contributed by atoms with Crippen molar-refractivity contribution in [2.45, 2.75) is 40.0 Å². The van der Waals surface area contributed by atoms with Crippen molar-refractivity contribution in [2.75, 3.05) is 6.61 Å². The van der Waals surface area contributed by atoms with E-state index in [1.165, 1.54) is 10.4 Å². The van der Waals surface area contributed by atoms with Crippen LogP contribution in [0.15, 0.2) is 12.1 Å². The molecule has 0 N–H and O–H groups in total. The lowest BCUT2D eigenvalue weighted by atomic mass is 10.1. The summed E-state index contributed by atoms with van der Waals surface area (Å²) in [6.45, 7) is 6.43. The SMILES string of the molecule is CCOC(=O)c1c(-n2c(C)ccc2C)sc2c1CCC2. The Labute approximate surface area is 123 Å². The number of ether oxygens (including phenoxy) is 1. The van der Waals surface area contributed by atoms with E-state index in [0.29, 0.717) is 6.61 Å². The van der Waals surface area contributed by atoms with Crippen LogP contribution >= 0.6 is 11.3 Å². The van der Waals surface area contributed by atoms with Gasteiger partial charge in [-0.15, -0.1) is 11.3 Å². The van der Waals surface area contributed by atoms with Gasteiger partial charge in [-0.3, -0.25) is 0 Å². The van der Waals surface area contributed by atoms with E-state index in [1.807, 2.05) is 6.92 Å². The summed E-state index contributed by atoms with van der Waals surface area (Å²) >= 11 is 1.75. The van der Waals surface area contributed by atoms with Gasteiger partial charge < -0.3 is 9.30 Å². The monoisotopic (exact) mass is 289 g/mol. The zero-order chi connectivity index (χ0) is 14.3. The molecule has 4 heteroatoms. The zero-order valence-corrected chi connectivity index (χ0v) is 13.0. The Bertz CT molecular complexity index is 647. The van der Waals surface area contributed by atoms with Crippen LogP contribution in [-0.2, 0) is 17.6 Å². The highest BCUT2D eigenvalue weighted by molar-refractivity contribution is 7.15. The Hall–Kier alpha value is -1.55. The van der Waals surface area contributed by atoms with Gasteiger partial charge in [0.05, 0.1) is 12.2 Å². The molecule has 0 fully saturated rings. The maximum atomic E-state index is 12.4. The third-order valence-corrected chi connectivity index (χ3v) is 5.13. The number of carbonyl (C=O) groups excluding carboxylic acids is 1. The molecule has 3 rings (SSSR count). The van der Waals surface area contributed by atoms with Crippen molar-refractivity contribution in [2.24, 2.45) is 0 Å². The molecular formula is C16H19NO2S. The van der Waals surface area contributed by atoms with Crippen LogP contribution in [-0.4, -0.2) is 17.1 Å². The number of aryl methyl sites for hydroxylation is 3. The first-order valence-electron chi connectivity index (χ1n) is 7.10. The van der Waals surface area contributed by atoms with E-state index in [-0.39, 0.29) is 5.97 Å². The second-order valence-electron chi connectivity index (χ2n) is 5.21. The highest BCUT2D eigenvalue weighted by Gasteiger charge is 2.28. The average Bonchev–Trinajstić information content (AvgIpc) is 3.04. The van der Waals surface area contributed by atoms with E-state index < -0.39 is 0 Å². The van der Waals surface area contributed by atoms with Gasteiger partial charge in [-0.25, -0.2) is 4.79 Å². The minimum absolute atomic E-state index is 0.172. The smallest absolute Gasteiger partial charge is 0.341 e. The zero-order valence-electron chi connectivity index (χ0n) is 12.2. The van der Waals surface area contributed by atoms with Gasteiger partial charge in [0.25, 0.3) is 0 Å². The van der Waals surface area contributed by atoms with Crippen molar-refractivity contribution in [3.63, 3.8) is 0 Å². The van der Waals surface area contributed by atoms with Gasteiger partial charge in [-0.2, -0.15) is 0 Å². The van der Waals surface area contributed by atoms with Crippen LogP contribution in [0.5, 0.6) is 0 Å². The summed E-state index contributed by atoms with van der Waals surface area (Å²) in [5.41, 5.74) is 4.34. The van der Waals surface area contributed by atoms with Crippen LogP contribution in [0.1, 0.15) is 45.5 Å². The molecule has 3 nitrogen and oxygen atoms in total. The fourth-order valence-electron chi connectivity index (χ4n) is 2.95. The maximum absolute atomic E-state index is 12.4. The van der Waals surface area contributed by atoms with Crippen molar-refractivity contribution in [1.82, 2.24) is 4.57 Å². The molecule has 1 aliphatic rings. The molecule has 106 valence electrons. The number of fused-ring (bicyclic) bond motifs is 1. The first-order valence-corrected chi connectivity index (χ1v) is 7.92. The molecule has 0 atom stereocenters. The highest BCUT2D eigenvalue weighted by Crippen LogP contribution is 2.39. The Morgan fingerprint density at radius 2 is 2.00 bits per heavy atom. The number of hydrogen-bond acceptors (Lipinski definition) is 3. The van der Waals surface area contributed by atoms with Crippen LogP contribution in [0.25, 0.3) is 5.00 Å². The third kappa shape index (κ3) is 1.99. The number of rotatable bonds is 3. The van der Waals surface area contributed by atoms with Crippen LogP contribution in [0.3, 0.4) is 0 Å². The van der Waals surface area contributed by atoms with Crippen molar-refractivity contribution in [3.8, 4) is 5.00 Å². The molecule has 1 aliphatic carbocycles. The Morgan fingerprint density at radius 3 is 2.65 bits per heavy atom. The van der Waals surface area contributed by atoms with Gasteiger partial charge in [0.1, 0.15) is 5.00 Å². The predicted octanol–water partition coefficient (Wildman–Crippen LogP) is 3.82. The number of nitrogens with zero attached hydrogens (tertiary/aromatic N) is 1. The summed E-state index contributed by atoms with van der Waals surface area (Å²) in [5.74, 6) is -0.172. The topological polar surface area (TPSA) is 31.2 Å². The molecule has 0 radical (unpaired) electrons. The fourth-order valence-corrected chi connectivity index (χ4v) is 4.44. The van der Waals surface area contributed by atoms with Crippen molar-refractivity contribution >= 4 is 17.3 Å². The standard InChI is InChI=1S/C16H19NO2S/c1-4-19-16(18)14-12-6-5-7-13(12)20-15(14)17-10(2)8-9-11(17)3/h8-9H,4-7H2,1-3H3. The number of carbonyl (C=O) groups is 1. The number of hydrogen-bond donors (Lipinski definition) is 0. The van der Waals surface area contributed by atoms with Gasteiger partial charge in [-0.1, -0.05) is 0 Å². The fraction of sp³-hybridized carbons (Fsp3) is 0.438. The van der Waals surface area contributed by atoms with Crippen LogP contribution < -0.4 is 0 Å². The average molecular weight is 289 g/mol. The normalized spacial score (nSPS) is 13.6. The summed E-state index contributed by atoms with van der Waals surface area (Å²) in [7, 11) is 0. The summed E-state index contributed by atoms with van der Waals surface area (Å²) in [6.07, 6.45) is 3.24. The van der Waals surface area contributed by atoms with Gasteiger partial charge in [-0.05, 0) is 57.7 Å². The van der Waals surface area contributed by atoms with Crippen molar-refractivity contribution in [1.29, 1.82) is 0 Å². The summed E-state index contributed by atoms with van der Waals surface area (Å²) in [6, 6.07) is 4.18. The first kappa shape index (κ1) is 13.4. The molecule has 0 amide bonds. The highest BCUT2D eigenvalue weighted by atomic mass is 32.1. The first-order chi connectivity index (χ1) is 9.63. The molecule has 0 bridgehead atoms. The van der Waals surface area contributed by atoms with Gasteiger partial charge in [0.15, 0.2) is 0 Å². The number of aromatic nitrogens is 1. The van der Waals surface area contributed by atoms with E-state index in [0.717, 1.165) is 41.2 Å². The van der Waals surface area contributed by atoms with Crippen molar-refractivity contribution < 1.29 is 9.53 Å². The van der Waals surface area contributed by atoms with E-state index in [2.05, 4.69) is 30.5 Å². The van der Waals surface area contributed by atoms with Crippen molar-refractivity contribution in [3.05, 3.63) is 39.5 Å². The molecule has 0 saturated heterocycles. The molecule has 0 saturated carbocycles. The Kier molecular flexibility index (Phi) is 3.42. The molecule has 2 heterocycles. The minimum atomic E-state index is -0.172. The Balaban J connectivity index is 2.19. The quantitative estimate of drug-likeness (QED) is 0.804. The van der Waals surface area contributed by atoms with E-state index >= 15 is 0 Å². The predicted molar refractivity (Wildman–Crippen MR) is 81.1 cm³/mol. The van der Waals surface area contributed by atoms with Gasteiger partial charge >= 0.3 is 5.97 Å². The van der Waals surface area contributed by atoms with Crippen LogP contribution in [0.4, 0.5) is 0 Å². The molecule has 0 spiro atoms. The minimum Gasteiger partial charge on any atom is -0.462 e.